The minimum absolute atomic E-state index is 0. The van der Waals surface area contributed by atoms with Crippen molar-refractivity contribution in [2.75, 3.05) is 0 Å². The van der Waals surface area contributed by atoms with Crippen LogP contribution < -0.4 is 18.9 Å². The van der Waals surface area contributed by atoms with Crippen LogP contribution in [0.5, 0.6) is 0 Å². The summed E-state index contributed by atoms with van der Waals surface area (Å²) in [5.74, 6) is 0.763. The van der Waals surface area contributed by atoms with Gasteiger partial charge >= 0.3 is 31.2 Å². The summed E-state index contributed by atoms with van der Waals surface area (Å²) in [7, 11) is 0. The van der Waals surface area contributed by atoms with Crippen molar-refractivity contribution in [2.45, 2.75) is 76.9 Å². The molecule has 2 aliphatic carbocycles. The summed E-state index contributed by atoms with van der Waals surface area (Å²) < 4.78 is 0. The first-order valence-corrected chi connectivity index (χ1v) is 7.36. The monoisotopic (exact) mass is 326 g/mol. The van der Waals surface area contributed by atoms with E-state index < -0.39 is 0 Å². The molecule has 0 saturated heterocycles. The molecule has 0 aromatic rings. The molecule has 2 atom stereocenters. The number of aliphatic hydroxyl groups is 2. The molecule has 8 heteroatoms. The van der Waals surface area contributed by atoms with Gasteiger partial charge in [-0.05, 0) is 31.6 Å². The number of carbonyl (C=O) groups excluding carboxylic acids is 4. The van der Waals surface area contributed by atoms with Gasteiger partial charge in [-0.1, -0.05) is 39.0 Å². The Kier molecular flexibility index (Phi) is 30.8. The molecule has 0 aromatic heterocycles. The van der Waals surface area contributed by atoms with Crippen molar-refractivity contribution in [1.82, 2.24) is 0 Å². The predicted molar refractivity (Wildman–Crippen MR) is 74.7 cm³/mol. The summed E-state index contributed by atoms with van der Waals surface area (Å²) in [4.78, 5) is 32.5. The zero-order valence-electron chi connectivity index (χ0n) is 14.1. The second-order valence-corrected chi connectivity index (χ2v) is 5.38. The Morgan fingerprint density at radius 3 is 1.35 bits per heavy atom. The Hall–Kier alpha value is -0.763. The zero-order valence-corrected chi connectivity index (χ0v) is 14.1. The molecule has 2 rings (SSSR count). The summed E-state index contributed by atoms with van der Waals surface area (Å²) in [6.45, 7) is 2.21. The van der Waals surface area contributed by atoms with Crippen LogP contribution in [0.2, 0.25) is 0 Å². The van der Waals surface area contributed by atoms with Crippen molar-refractivity contribution in [2.24, 2.45) is 5.92 Å². The Bertz CT molecular complexity index is 274. The molecule has 0 heterocycles. The molecule has 23 heavy (non-hydrogen) atoms. The second kappa shape index (κ2) is 23.5. The predicted octanol–water partition coefficient (Wildman–Crippen LogP) is -1.47. The average molecular weight is 326 g/mol. The van der Waals surface area contributed by atoms with Gasteiger partial charge in [-0.3, -0.25) is 0 Å². The first-order chi connectivity index (χ1) is 10.0. The Morgan fingerprint density at radius 1 is 0.739 bits per heavy atom. The SMILES string of the molecule is C[C@H]1CCC[C@H](O)C1.O=C=O.O=C=O.OC1CCCCC1.[Li+].[OH-]. The molecule has 0 radical (unpaired) electrons. The van der Waals surface area contributed by atoms with Crippen molar-refractivity contribution in [1.29, 1.82) is 0 Å². The van der Waals surface area contributed by atoms with Gasteiger partial charge in [0.05, 0.1) is 12.2 Å². The maximum atomic E-state index is 9.08. The van der Waals surface area contributed by atoms with E-state index in [-0.39, 0.29) is 48.8 Å². The van der Waals surface area contributed by atoms with Crippen LogP contribution in [0, 0.1) is 5.92 Å². The number of hydrogen-bond acceptors (Lipinski definition) is 7. The van der Waals surface area contributed by atoms with Gasteiger partial charge in [0.1, 0.15) is 0 Å². The van der Waals surface area contributed by atoms with E-state index in [0.29, 0.717) is 0 Å². The molecular formula is C15H27LiO7. The van der Waals surface area contributed by atoms with Crippen molar-refractivity contribution in [3.05, 3.63) is 0 Å². The first kappa shape index (κ1) is 30.2. The van der Waals surface area contributed by atoms with E-state index in [9.17, 15) is 0 Å². The summed E-state index contributed by atoms with van der Waals surface area (Å²) in [6.07, 6.45) is 11.0. The van der Waals surface area contributed by atoms with Crippen molar-refractivity contribution < 1.29 is 53.7 Å². The summed E-state index contributed by atoms with van der Waals surface area (Å²) >= 11 is 0. The normalized spacial score (nSPS) is 22.2. The third-order valence-corrected chi connectivity index (χ3v) is 3.48. The van der Waals surface area contributed by atoms with E-state index in [4.69, 9.17) is 29.4 Å². The molecule has 0 aliphatic heterocycles. The van der Waals surface area contributed by atoms with Crippen LogP contribution in [-0.4, -0.2) is 40.2 Å². The van der Waals surface area contributed by atoms with E-state index >= 15 is 0 Å². The summed E-state index contributed by atoms with van der Waals surface area (Å²) in [5.41, 5.74) is 0. The molecule has 130 valence electrons. The minimum atomic E-state index is 0. The van der Waals surface area contributed by atoms with Crippen molar-refractivity contribution in [3.63, 3.8) is 0 Å². The van der Waals surface area contributed by atoms with E-state index in [2.05, 4.69) is 6.92 Å². The fraction of sp³-hybridized carbons (Fsp3) is 0.867. The van der Waals surface area contributed by atoms with E-state index in [1.54, 1.807) is 0 Å². The minimum Gasteiger partial charge on any atom is -0.870 e. The number of hydrogen-bond donors (Lipinski definition) is 2. The summed E-state index contributed by atoms with van der Waals surface area (Å²) in [6, 6.07) is 0. The van der Waals surface area contributed by atoms with Gasteiger partial charge < -0.3 is 15.7 Å². The first-order valence-electron chi connectivity index (χ1n) is 7.36. The number of rotatable bonds is 0. The van der Waals surface area contributed by atoms with Gasteiger partial charge in [-0.15, -0.1) is 0 Å². The molecule has 7 nitrogen and oxygen atoms in total. The topological polar surface area (TPSA) is 139 Å². The molecule has 2 aliphatic rings. The zero-order chi connectivity index (χ0) is 16.5. The molecule has 2 saturated carbocycles. The fourth-order valence-electron chi connectivity index (χ4n) is 2.48. The van der Waals surface area contributed by atoms with Crippen LogP contribution in [0.4, 0.5) is 0 Å². The van der Waals surface area contributed by atoms with Gasteiger partial charge in [-0.2, -0.15) is 19.2 Å². The molecule has 0 spiro atoms. The quantitative estimate of drug-likeness (QED) is 0.518. The van der Waals surface area contributed by atoms with Crippen molar-refractivity contribution in [3.8, 4) is 0 Å². The number of aliphatic hydroxyl groups excluding tert-OH is 2. The van der Waals surface area contributed by atoms with Crippen LogP contribution in [0.3, 0.4) is 0 Å². The largest absolute Gasteiger partial charge is 1.00 e. The Balaban J connectivity index is -0.000000111. The van der Waals surface area contributed by atoms with Crippen molar-refractivity contribution >= 4 is 12.3 Å². The van der Waals surface area contributed by atoms with Gasteiger partial charge in [0, 0.05) is 0 Å². The van der Waals surface area contributed by atoms with E-state index in [1.807, 2.05) is 0 Å². The molecular weight excluding hydrogens is 299 g/mol. The molecule has 0 unspecified atom stereocenters. The third-order valence-electron chi connectivity index (χ3n) is 3.48. The fourth-order valence-corrected chi connectivity index (χ4v) is 2.48. The van der Waals surface area contributed by atoms with Gasteiger partial charge in [0.15, 0.2) is 0 Å². The van der Waals surface area contributed by atoms with E-state index in [0.717, 1.165) is 31.6 Å². The smallest absolute Gasteiger partial charge is 0.870 e. The average Bonchev–Trinajstić information content (AvgIpc) is 2.42. The molecule has 0 aromatic carbocycles. The van der Waals surface area contributed by atoms with Crippen LogP contribution in [0.25, 0.3) is 0 Å². The third kappa shape index (κ3) is 26.5. The maximum absolute atomic E-state index is 9.08. The van der Waals surface area contributed by atoms with Crippen LogP contribution in [0.15, 0.2) is 0 Å². The Morgan fingerprint density at radius 2 is 1.13 bits per heavy atom. The summed E-state index contributed by atoms with van der Waals surface area (Å²) in [5, 5.41) is 18.0. The van der Waals surface area contributed by atoms with Gasteiger partial charge in [0.25, 0.3) is 0 Å². The maximum Gasteiger partial charge on any atom is 1.00 e. The van der Waals surface area contributed by atoms with Crippen LogP contribution in [0.1, 0.15) is 64.7 Å². The molecule has 0 bridgehead atoms. The second-order valence-electron chi connectivity index (χ2n) is 5.38. The van der Waals surface area contributed by atoms with Gasteiger partial charge in [0.2, 0.25) is 0 Å². The Labute approximate surface area is 149 Å². The molecule has 0 amide bonds. The van der Waals surface area contributed by atoms with Gasteiger partial charge in [-0.25, -0.2) is 0 Å². The van der Waals surface area contributed by atoms with E-state index in [1.165, 1.54) is 32.1 Å². The van der Waals surface area contributed by atoms with Crippen LogP contribution >= 0.6 is 0 Å². The molecule has 2 fully saturated rings. The standard InChI is InChI=1S/C7H14O.C6H12O.2CO2.Li.H2O/c1-6-3-2-4-7(8)5-6;7-6-4-2-1-3-5-6;2*2-1-3;;/h6-8H,2-5H2,1H3;6-7H,1-5H2;;;;1H2/q;;;;+1;/p-1/t6-,7-;;;;;/m0...../s1. The van der Waals surface area contributed by atoms with Crippen LogP contribution in [-0.2, 0) is 19.2 Å². The molecule has 3 N–H and O–H groups in total.